The number of aromatic nitrogens is 1. The minimum absolute atomic E-state index is 0.0556. The van der Waals surface area contributed by atoms with Crippen LogP contribution in [0.2, 0.25) is 0 Å². The molecule has 1 aromatic rings. The summed E-state index contributed by atoms with van der Waals surface area (Å²) in [6, 6.07) is 0. The van der Waals surface area contributed by atoms with E-state index in [1.807, 2.05) is 0 Å². The molecule has 0 radical (unpaired) electrons. The number of esters is 1. The molecule has 90 valence electrons. The molecule has 16 heavy (non-hydrogen) atoms. The number of ether oxygens (including phenoxy) is 2. The lowest BCUT2D eigenvalue weighted by atomic mass is 9.89. The molecule has 0 saturated carbocycles. The Morgan fingerprint density at radius 3 is 2.50 bits per heavy atom. The van der Waals surface area contributed by atoms with Gasteiger partial charge in [0.1, 0.15) is 11.1 Å². The SMILES string of the molecule is COC(=O)c1csc(C(OC)C(C)(C)C)n1. The Bertz CT molecular complexity index is 368. The first kappa shape index (κ1) is 13.1. The van der Waals surface area contributed by atoms with Crippen LogP contribution in [0.25, 0.3) is 0 Å². The average Bonchev–Trinajstić information content (AvgIpc) is 2.64. The molecule has 1 heterocycles. The number of thiazole rings is 1. The van der Waals surface area contributed by atoms with Crippen molar-refractivity contribution in [2.75, 3.05) is 14.2 Å². The van der Waals surface area contributed by atoms with Gasteiger partial charge in [-0.25, -0.2) is 9.78 Å². The van der Waals surface area contributed by atoms with E-state index in [1.54, 1.807) is 12.5 Å². The molecule has 4 nitrogen and oxygen atoms in total. The van der Waals surface area contributed by atoms with Gasteiger partial charge in [0.25, 0.3) is 0 Å². The second-order valence-electron chi connectivity index (χ2n) is 4.54. The van der Waals surface area contributed by atoms with Crippen LogP contribution in [0.4, 0.5) is 0 Å². The highest BCUT2D eigenvalue weighted by Gasteiger charge is 2.29. The van der Waals surface area contributed by atoms with Crippen molar-refractivity contribution in [1.82, 2.24) is 4.98 Å². The van der Waals surface area contributed by atoms with Crippen molar-refractivity contribution in [3.8, 4) is 0 Å². The molecule has 1 aromatic heterocycles. The van der Waals surface area contributed by atoms with E-state index in [0.29, 0.717) is 5.69 Å². The molecule has 0 N–H and O–H groups in total. The van der Waals surface area contributed by atoms with Crippen molar-refractivity contribution in [1.29, 1.82) is 0 Å². The molecule has 0 aliphatic rings. The van der Waals surface area contributed by atoms with Crippen LogP contribution in [0, 0.1) is 5.41 Å². The zero-order valence-corrected chi connectivity index (χ0v) is 11.1. The fraction of sp³-hybridized carbons (Fsp3) is 0.636. The third kappa shape index (κ3) is 2.80. The summed E-state index contributed by atoms with van der Waals surface area (Å²) in [7, 11) is 2.99. The van der Waals surface area contributed by atoms with Gasteiger partial charge >= 0.3 is 5.97 Å². The van der Waals surface area contributed by atoms with E-state index in [2.05, 4.69) is 30.5 Å². The lowest BCUT2D eigenvalue weighted by molar-refractivity contribution is 0.0148. The summed E-state index contributed by atoms with van der Waals surface area (Å²) < 4.78 is 10.0. The number of nitrogens with zero attached hydrogens (tertiary/aromatic N) is 1. The Labute approximate surface area is 99.6 Å². The third-order valence-corrected chi connectivity index (χ3v) is 3.05. The van der Waals surface area contributed by atoms with Crippen LogP contribution in [0.5, 0.6) is 0 Å². The van der Waals surface area contributed by atoms with E-state index in [0.717, 1.165) is 5.01 Å². The Kier molecular flexibility index (Phi) is 4.04. The van der Waals surface area contributed by atoms with Crippen LogP contribution >= 0.6 is 11.3 Å². The molecular weight excluding hydrogens is 226 g/mol. The lowest BCUT2D eigenvalue weighted by Gasteiger charge is -2.27. The van der Waals surface area contributed by atoms with E-state index in [9.17, 15) is 4.79 Å². The number of carbonyl (C=O) groups is 1. The van der Waals surface area contributed by atoms with Gasteiger partial charge in [-0.2, -0.15) is 0 Å². The van der Waals surface area contributed by atoms with Gasteiger partial charge in [-0.3, -0.25) is 0 Å². The van der Waals surface area contributed by atoms with Crippen molar-refractivity contribution in [3.05, 3.63) is 16.1 Å². The van der Waals surface area contributed by atoms with Crippen molar-refractivity contribution in [2.24, 2.45) is 5.41 Å². The van der Waals surface area contributed by atoms with Gasteiger partial charge < -0.3 is 9.47 Å². The number of hydrogen-bond donors (Lipinski definition) is 0. The van der Waals surface area contributed by atoms with E-state index < -0.39 is 5.97 Å². The van der Waals surface area contributed by atoms with Crippen LogP contribution in [0.3, 0.4) is 0 Å². The van der Waals surface area contributed by atoms with Crippen LogP contribution < -0.4 is 0 Å². The van der Waals surface area contributed by atoms with Crippen molar-refractivity contribution < 1.29 is 14.3 Å². The zero-order valence-electron chi connectivity index (χ0n) is 10.2. The Hall–Kier alpha value is -0.940. The maximum Gasteiger partial charge on any atom is 0.357 e. The highest BCUT2D eigenvalue weighted by Crippen LogP contribution is 2.36. The Morgan fingerprint density at radius 2 is 2.06 bits per heavy atom. The summed E-state index contributed by atoms with van der Waals surface area (Å²) in [6.07, 6.45) is -0.115. The van der Waals surface area contributed by atoms with E-state index >= 15 is 0 Å². The summed E-state index contributed by atoms with van der Waals surface area (Å²) in [5.74, 6) is -0.411. The average molecular weight is 243 g/mol. The summed E-state index contributed by atoms with van der Waals surface area (Å²) in [5.41, 5.74) is 0.286. The molecule has 0 aliphatic carbocycles. The Morgan fingerprint density at radius 1 is 1.44 bits per heavy atom. The number of hydrogen-bond acceptors (Lipinski definition) is 5. The second-order valence-corrected chi connectivity index (χ2v) is 5.43. The van der Waals surface area contributed by atoms with Gasteiger partial charge in [-0.1, -0.05) is 20.8 Å². The first-order valence-electron chi connectivity index (χ1n) is 4.96. The fourth-order valence-corrected chi connectivity index (χ4v) is 2.54. The van der Waals surface area contributed by atoms with E-state index in [1.165, 1.54) is 18.4 Å². The minimum Gasteiger partial charge on any atom is -0.464 e. The maximum atomic E-state index is 11.3. The number of carbonyl (C=O) groups excluding carboxylic acids is 1. The first-order valence-corrected chi connectivity index (χ1v) is 5.84. The van der Waals surface area contributed by atoms with Crippen LogP contribution in [0.1, 0.15) is 42.4 Å². The fourth-order valence-electron chi connectivity index (χ4n) is 1.43. The number of methoxy groups -OCH3 is 2. The molecule has 0 saturated heterocycles. The smallest absolute Gasteiger partial charge is 0.357 e. The predicted octanol–water partition coefficient (Wildman–Crippen LogP) is 2.66. The highest BCUT2D eigenvalue weighted by molar-refractivity contribution is 7.09. The normalized spacial score (nSPS) is 13.6. The minimum atomic E-state index is -0.411. The van der Waals surface area contributed by atoms with Crippen molar-refractivity contribution in [3.63, 3.8) is 0 Å². The summed E-state index contributed by atoms with van der Waals surface area (Å²) >= 11 is 1.42. The molecule has 0 aromatic carbocycles. The molecule has 0 bridgehead atoms. The van der Waals surface area contributed by atoms with Crippen molar-refractivity contribution >= 4 is 17.3 Å². The van der Waals surface area contributed by atoms with Gasteiger partial charge in [-0.15, -0.1) is 11.3 Å². The summed E-state index contributed by atoms with van der Waals surface area (Å²) in [6.45, 7) is 6.21. The maximum absolute atomic E-state index is 11.3. The molecule has 0 amide bonds. The van der Waals surface area contributed by atoms with Gasteiger partial charge in [0, 0.05) is 12.5 Å². The highest BCUT2D eigenvalue weighted by atomic mass is 32.1. The van der Waals surface area contributed by atoms with Gasteiger partial charge in [0.15, 0.2) is 5.69 Å². The summed E-state index contributed by atoms with van der Waals surface area (Å²) in [5, 5.41) is 2.49. The Balaban J connectivity index is 2.96. The van der Waals surface area contributed by atoms with Crippen LogP contribution in [-0.4, -0.2) is 25.2 Å². The summed E-state index contributed by atoms with van der Waals surface area (Å²) in [4.78, 5) is 15.5. The largest absolute Gasteiger partial charge is 0.464 e. The molecule has 1 unspecified atom stereocenters. The van der Waals surface area contributed by atoms with Gasteiger partial charge in [0.2, 0.25) is 0 Å². The van der Waals surface area contributed by atoms with E-state index in [-0.39, 0.29) is 11.5 Å². The lowest BCUT2D eigenvalue weighted by Crippen LogP contribution is -2.20. The van der Waals surface area contributed by atoms with Crippen LogP contribution in [-0.2, 0) is 9.47 Å². The monoisotopic (exact) mass is 243 g/mol. The van der Waals surface area contributed by atoms with Gasteiger partial charge in [-0.05, 0) is 5.41 Å². The quantitative estimate of drug-likeness (QED) is 0.766. The molecule has 1 atom stereocenters. The molecule has 5 heteroatoms. The number of rotatable bonds is 3. The molecule has 1 rings (SSSR count). The third-order valence-electron chi connectivity index (χ3n) is 2.16. The standard InChI is InChI=1S/C11H17NO3S/c1-11(2,3)8(14-4)9-12-7(6-16-9)10(13)15-5/h6,8H,1-5H3. The molecule has 0 aliphatic heterocycles. The van der Waals surface area contributed by atoms with Crippen LogP contribution in [0.15, 0.2) is 5.38 Å². The zero-order chi connectivity index (χ0) is 12.3. The predicted molar refractivity (Wildman–Crippen MR) is 62.7 cm³/mol. The first-order chi connectivity index (χ1) is 7.40. The molecule has 0 fully saturated rings. The topological polar surface area (TPSA) is 48.4 Å². The molecular formula is C11H17NO3S. The van der Waals surface area contributed by atoms with Gasteiger partial charge in [0.05, 0.1) is 7.11 Å². The van der Waals surface area contributed by atoms with E-state index in [4.69, 9.17) is 4.74 Å². The second kappa shape index (κ2) is 4.93. The molecule has 0 spiro atoms. The van der Waals surface area contributed by atoms with Crippen molar-refractivity contribution in [2.45, 2.75) is 26.9 Å².